The second-order valence-corrected chi connectivity index (χ2v) is 8.37. The summed E-state index contributed by atoms with van der Waals surface area (Å²) >= 11 is 2.85. The summed E-state index contributed by atoms with van der Waals surface area (Å²) in [6, 6.07) is 8.33. The largest absolute Gasteiger partial charge is 0.325 e. The summed E-state index contributed by atoms with van der Waals surface area (Å²) in [5, 5.41) is 3.58. The van der Waals surface area contributed by atoms with E-state index in [1.54, 1.807) is 36.0 Å². The highest BCUT2D eigenvalue weighted by atomic mass is 32.2. The van der Waals surface area contributed by atoms with Crippen molar-refractivity contribution in [3.8, 4) is 0 Å². The van der Waals surface area contributed by atoms with Crippen molar-refractivity contribution in [3.63, 3.8) is 0 Å². The molecule has 1 aromatic carbocycles. The Labute approximate surface area is 160 Å². The minimum Gasteiger partial charge on any atom is -0.325 e. The molecule has 0 radical (unpaired) electrons. The van der Waals surface area contributed by atoms with E-state index in [0.29, 0.717) is 33.1 Å². The fraction of sp³-hybridized carbons (Fsp3) is 0.333. The summed E-state index contributed by atoms with van der Waals surface area (Å²) in [6.07, 6.45) is 0. The highest BCUT2D eigenvalue weighted by Crippen LogP contribution is 2.19. The molecule has 0 fully saturated rings. The molecule has 138 valence electrons. The minimum atomic E-state index is -0.270. The molecule has 8 heteroatoms. The van der Waals surface area contributed by atoms with Crippen LogP contribution in [0.25, 0.3) is 0 Å². The summed E-state index contributed by atoms with van der Waals surface area (Å²) in [6.45, 7) is 5.61. The maximum absolute atomic E-state index is 12.2. The second-order valence-electron chi connectivity index (χ2n) is 5.84. The Balaban J connectivity index is 1.99. The van der Waals surface area contributed by atoms with Gasteiger partial charge in [-0.05, 0) is 24.3 Å². The molecule has 0 spiro atoms. The molecule has 1 heterocycles. The quantitative estimate of drug-likeness (QED) is 0.407. The van der Waals surface area contributed by atoms with E-state index in [0.717, 1.165) is 11.8 Å². The molecule has 2 N–H and O–H groups in total. The smallest absolute Gasteiger partial charge is 0.251 e. The Morgan fingerprint density at radius 3 is 2.69 bits per heavy atom. The van der Waals surface area contributed by atoms with Crippen molar-refractivity contribution in [2.45, 2.75) is 36.9 Å². The van der Waals surface area contributed by atoms with Crippen LogP contribution in [0.15, 0.2) is 40.3 Å². The molecule has 0 atom stereocenters. The normalized spacial score (nSPS) is 10.8. The number of aromatic amines is 1. The number of hydrogen-bond donors (Lipinski definition) is 2. The molecular formula is C18H21N3O3S2. The van der Waals surface area contributed by atoms with Gasteiger partial charge in [0.2, 0.25) is 5.91 Å². The molecule has 2 rings (SSSR count). The molecule has 1 aromatic heterocycles. The van der Waals surface area contributed by atoms with Crippen LogP contribution in [0.5, 0.6) is 0 Å². The number of H-pyrrole nitrogens is 1. The lowest BCUT2D eigenvalue weighted by atomic mass is 10.1. The molecule has 0 aliphatic heterocycles. The Morgan fingerprint density at radius 1 is 1.27 bits per heavy atom. The average molecular weight is 392 g/mol. The maximum Gasteiger partial charge on any atom is 0.251 e. The number of anilines is 1. The summed E-state index contributed by atoms with van der Waals surface area (Å²) in [5.74, 6) is 0.340. The first-order valence-corrected chi connectivity index (χ1v) is 10.1. The van der Waals surface area contributed by atoms with Crippen LogP contribution in [0.2, 0.25) is 0 Å². The average Bonchev–Trinajstić information content (AvgIpc) is 2.58. The number of carbonyl (C=O) groups is 2. The monoisotopic (exact) mass is 391 g/mol. The van der Waals surface area contributed by atoms with Crippen molar-refractivity contribution < 1.29 is 9.59 Å². The number of ketones is 1. The van der Waals surface area contributed by atoms with Gasteiger partial charge in [0.15, 0.2) is 10.9 Å². The zero-order valence-corrected chi connectivity index (χ0v) is 16.5. The zero-order chi connectivity index (χ0) is 19.1. The van der Waals surface area contributed by atoms with Gasteiger partial charge in [0.1, 0.15) is 0 Å². The number of rotatable bonds is 8. The molecule has 0 bridgehead atoms. The van der Waals surface area contributed by atoms with E-state index < -0.39 is 0 Å². The van der Waals surface area contributed by atoms with Gasteiger partial charge in [-0.3, -0.25) is 14.4 Å². The lowest BCUT2D eigenvalue weighted by Gasteiger charge is -2.09. The SMILES string of the molecule is CC(=O)c1ccccc1NC(=O)CSc1nc(CSC(C)C)cc(=O)[nH]1. The van der Waals surface area contributed by atoms with Crippen LogP contribution in [0.3, 0.4) is 0 Å². The lowest BCUT2D eigenvalue weighted by molar-refractivity contribution is -0.113. The van der Waals surface area contributed by atoms with E-state index in [1.807, 2.05) is 0 Å². The fourth-order valence-electron chi connectivity index (χ4n) is 2.10. The Morgan fingerprint density at radius 2 is 2.00 bits per heavy atom. The maximum atomic E-state index is 12.2. The van der Waals surface area contributed by atoms with Crippen LogP contribution < -0.4 is 10.9 Å². The Bertz CT molecular complexity index is 850. The number of nitrogens with one attached hydrogen (secondary N) is 2. The predicted molar refractivity (Wildman–Crippen MR) is 107 cm³/mol. The number of Topliss-reactive ketones (excluding diaryl/α,β-unsaturated/α-hetero) is 1. The third-order valence-electron chi connectivity index (χ3n) is 3.26. The Hall–Kier alpha value is -2.06. The van der Waals surface area contributed by atoms with E-state index in [2.05, 4.69) is 29.1 Å². The van der Waals surface area contributed by atoms with Gasteiger partial charge in [-0.1, -0.05) is 37.7 Å². The third kappa shape index (κ3) is 6.34. The summed E-state index contributed by atoms with van der Waals surface area (Å²) in [5.41, 5.74) is 1.40. The van der Waals surface area contributed by atoms with Crippen molar-refractivity contribution in [1.82, 2.24) is 9.97 Å². The molecule has 2 aromatic rings. The van der Waals surface area contributed by atoms with Crippen LogP contribution in [0.4, 0.5) is 5.69 Å². The number of hydrogen-bond acceptors (Lipinski definition) is 6. The van der Waals surface area contributed by atoms with Gasteiger partial charge >= 0.3 is 0 Å². The van der Waals surface area contributed by atoms with Gasteiger partial charge in [0.25, 0.3) is 5.56 Å². The zero-order valence-electron chi connectivity index (χ0n) is 14.9. The topological polar surface area (TPSA) is 91.9 Å². The molecule has 26 heavy (non-hydrogen) atoms. The highest BCUT2D eigenvalue weighted by Gasteiger charge is 2.11. The molecule has 6 nitrogen and oxygen atoms in total. The second kappa shape index (κ2) is 9.59. The first-order valence-electron chi connectivity index (χ1n) is 8.09. The number of nitrogens with zero attached hydrogens (tertiary/aromatic N) is 1. The van der Waals surface area contributed by atoms with Gasteiger partial charge in [-0.15, -0.1) is 0 Å². The van der Waals surface area contributed by atoms with E-state index in [4.69, 9.17) is 0 Å². The summed E-state index contributed by atoms with van der Waals surface area (Å²) in [7, 11) is 0. The first-order chi connectivity index (χ1) is 12.3. The standard InChI is InChI=1S/C18H21N3O3S2/c1-11(2)25-9-13-8-16(23)21-18(19-13)26-10-17(24)20-15-7-5-4-6-14(15)12(3)22/h4-8,11H,9-10H2,1-3H3,(H,20,24)(H,19,21,23). The molecule has 1 amide bonds. The molecule has 0 aliphatic rings. The van der Waals surface area contributed by atoms with Crippen molar-refractivity contribution in [2.24, 2.45) is 0 Å². The van der Waals surface area contributed by atoms with Gasteiger partial charge in [-0.25, -0.2) is 4.98 Å². The van der Waals surface area contributed by atoms with Crippen LogP contribution in [-0.2, 0) is 10.5 Å². The minimum absolute atomic E-state index is 0.0793. The molecule has 0 saturated heterocycles. The van der Waals surface area contributed by atoms with Crippen molar-refractivity contribution >= 4 is 40.9 Å². The van der Waals surface area contributed by atoms with Gasteiger partial charge < -0.3 is 10.3 Å². The molecular weight excluding hydrogens is 370 g/mol. The highest BCUT2D eigenvalue weighted by molar-refractivity contribution is 7.99. The van der Waals surface area contributed by atoms with Crippen LogP contribution in [0.1, 0.15) is 36.8 Å². The molecule has 0 aliphatic carbocycles. The van der Waals surface area contributed by atoms with E-state index in [-0.39, 0.29) is 23.0 Å². The number of benzene rings is 1. The first kappa shape index (κ1) is 20.3. The van der Waals surface area contributed by atoms with Crippen LogP contribution in [0, 0.1) is 0 Å². The fourth-order valence-corrected chi connectivity index (χ4v) is 3.44. The van der Waals surface area contributed by atoms with E-state index >= 15 is 0 Å². The van der Waals surface area contributed by atoms with Crippen LogP contribution >= 0.6 is 23.5 Å². The van der Waals surface area contributed by atoms with Gasteiger partial charge in [-0.2, -0.15) is 11.8 Å². The summed E-state index contributed by atoms with van der Waals surface area (Å²) < 4.78 is 0. The number of carbonyl (C=O) groups excluding carboxylic acids is 2. The van der Waals surface area contributed by atoms with Gasteiger partial charge in [0, 0.05) is 17.4 Å². The van der Waals surface area contributed by atoms with Crippen LogP contribution in [-0.4, -0.2) is 32.7 Å². The number of thioether (sulfide) groups is 2. The molecule has 0 saturated carbocycles. The predicted octanol–water partition coefficient (Wildman–Crippen LogP) is 3.34. The van der Waals surface area contributed by atoms with Crippen molar-refractivity contribution in [3.05, 3.63) is 51.9 Å². The summed E-state index contributed by atoms with van der Waals surface area (Å²) in [4.78, 5) is 42.6. The third-order valence-corrected chi connectivity index (χ3v) is 5.26. The molecule has 0 unspecified atom stereocenters. The van der Waals surface area contributed by atoms with E-state index in [9.17, 15) is 14.4 Å². The number of amides is 1. The van der Waals surface area contributed by atoms with Crippen molar-refractivity contribution in [1.29, 1.82) is 0 Å². The Kier molecular flexibility index (Phi) is 7.47. The van der Waals surface area contributed by atoms with Crippen molar-refractivity contribution in [2.75, 3.05) is 11.1 Å². The van der Waals surface area contributed by atoms with E-state index in [1.165, 1.54) is 13.0 Å². The number of para-hydroxylation sites is 1. The van der Waals surface area contributed by atoms with Gasteiger partial charge in [0.05, 0.1) is 17.1 Å². The lowest BCUT2D eigenvalue weighted by Crippen LogP contribution is -2.17. The number of aromatic nitrogens is 2.